The molecule has 0 fully saturated rings. The molecule has 0 bridgehead atoms. The maximum Gasteiger partial charge on any atom is 0.192 e. The number of benzene rings is 1. The van der Waals surface area contributed by atoms with E-state index in [9.17, 15) is 9.65 Å². The number of rotatable bonds is 6. The Kier molecular flexibility index (Phi) is 8.81. The zero-order valence-electron chi connectivity index (χ0n) is 23.1. The number of fused-ring (bicyclic) bond motifs is 2. The molecule has 0 aliphatic carbocycles. The van der Waals surface area contributed by atoms with Crippen LogP contribution in [0.3, 0.4) is 0 Å². The molecule has 1 N–H and O–H groups in total. The third-order valence-corrected chi connectivity index (χ3v) is 8.24. The first-order valence-electron chi connectivity index (χ1n) is 12.9. The monoisotopic (exact) mass is 710 g/mol. The van der Waals surface area contributed by atoms with Gasteiger partial charge in [-0.25, -0.2) is 19.3 Å². The molecule has 0 aliphatic heterocycles. The number of hydrogen-bond acceptors (Lipinski definition) is 9. The largest absolute Gasteiger partial charge is 0.372 e. The number of anilines is 3. The number of nitriles is 1. The van der Waals surface area contributed by atoms with Crippen LogP contribution in [-0.4, -0.2) is 48.3 Å². The zero-order chi connectivity index (χ0) is 30.0. The van der Waals surface area contributed by atoms with E-state index in [0.717, 1.165) is 51.8 Å². The zero-order valence-corrected chi connectivity index (χ0v) is 27.1. The van der Waals surface area contributed by atoms with E-state index < -0.39 is 0 Å². The lowest BCUT2D eigenvalue weighted by Crippen LogP contribution is -2.14. The second-order valence-electron chi connectivity index (χ2n) is 8.95. The normalized spacial score (nSPS) is 10.9. The maximum atomic E-state index is 13.3. The lowest BCUT2D eigenvalue weighted by molar-refractivity contribution is 0.628. The van der Waals surface area contributed by atoms with Gasteiger partial charge in [-0.1, -0.05) is 25.2 Å². The molecule has 6 aromatic rings. The van der Waals surface area contributed by atoms with Gasteiger partial charge in [-0.2, -0.15) is 24.5 Å². The number of imidazole rings is 2. The molecule has 5 aromatic heterocycles. The third kappa shape index (κ3) is 5.72. The minimum Gasteiger partial charge on any atom is -0.372 e. The average Bonchev–Trinajstić information content (AvgIpc) is 3.69. The summed E-state index contributed by atoms with van der Waals surface area (Å²) >= 11 is 8.02. The molecule has 214 valence electrons. The number of halogens is 3. The molecule has 0 saturated carbocycles. The van der Waals surface area contributed by atoms with Crippen LogP contribution in [-0.2, 0) is 12.8 Å². The topological polar surface area (TPSA) is 112 Å². The molecule has 10 nitrogen and oxygen atoms in total. The minimum atomic E-state index is -0.329. The Morgan fingerprint density at radius 1 is 0.905 bits per heavy atom. The lowest BCUT2D eigenvalue weighted by Gasteiger charge is -2.16. The fourth-order valence-electron chi connectivity index (χ4n) is 4.39. The Hall–Kier alpha value is -3.93. The molecule has 0 radical (unpaired) electrons. The molecule has 0 unspecified atom stereocenters. The van der Waals surface area contributed by atoms with Crippen molar-refractivity contribution < 1.29 is 4.39 Å². The summed E-state index contributed by atoms with van der Waals surface area (Å²) in [7, 11) is 3.75. The Labute approximate surface area is 262 Å². The van der Waals surface area contributed by atoms with E-state index in [2.05, 4.69) is 75.3 Å². The fraction of sp³-hybridized carbons (Fsp3) is 0.214. The Morgan fingerprint density at radius 3 is 2.10 bits per heavy atom. The third-order valence-electron chi connectivity index (χ3n) is 6.35. The van der Waals surface area contributed by atoms with E-state index in [4.69, 9.17) is 0 Å². The van der Waals surface area contributed by atoms with E-state index in [-0.39, 0.29) is 5.82 Å². The van der Waals surface area contributed by atoms with Crippen LogP contribution in [0.2, 0.25) is 0 Å². The maximum absolute atomic E-state index is 13.3. The van der Waals surface area contributed by atoms with Crippen molar-refractivity contribution in [3.8, 4) is 17.3 Å². The first kappa shape index (κ1) is 29.6. The van der Waals surface area contributed by atoms with Crippen molar-refractivity contribution in [2.75, 3.05) is 24.3 Å². The summed E-state index contributed by atoms with van der Waals surface area (Å²) in [5, 5.41) is 22.1. The fourth-order valence-corrected chi connectivity index (χ4v) is 5.82. The van der Waals surface area contributed by atoms with Crippen LogP contribution < -0.4 is 10.2 Å². The first-order valence-corrected chi connectivity index (χ1v) is 15.3. The van der Waals surface area contributed by atoms with Crippen molar-refractivity contribution in [3.05, 3.63) is 79.8 Å². The smallest absolute Gasteiger partial charge is 0.192 e. The standard InChI is InChI=1S/C19H14BrFN6S.C9H11BrN4/c1-3-13-18(27-16(23-13)9-8-15(20)25-27)26(2)19-24-17(14(10-22)28-19)11-4-6-12(21)7-5-11;1-3-6-9(11-2)14-8(12-6)5-4-7(10)13-14/h4-9H,3H2,1-2H3;4-5,11H,3H2,1-2H3. The van der Waals surface area contributed by atoms with Gasteiger partial charge in [0.1, 0.15) is 31.7 Å². The minimum absolute atomic E-state index is 0.329. The van der Waals surface area contributed by atoms with Gasteiger partial charge in [-0.3, -0.25) is 0 Å². The summed E-state index contributed by atoms with van der Waals surface area (Å²) in [4.78, 5) is 16.1. The van der Waals surface area contributed by atoms with Gasteiger partial charge in [0.05, 0.1) is 11.4 Å². The number of nitrogens with zero attached hydrogens (tertiary/aromatic N) is 9. The van der Waals surface area contributed by atoms with Crippen LogP contribution in [0.4, 0.5) is 21.2 Å². The van der Waals surface area contributed by atoms with Gasteiger partial charge in [0, 0.05) is 19.7 Å². The first-order chi connectivity index (χ1) is 20.3. The molecule has 42 heavy (non-hydrogen) atoms. The van der Waals surface area contributed by atoms with E-state index in [1.54, 1.807) is 16.6 Å². The van der Waals surface area contributed by atoms with E-state index in [1.165, 1.54) is 23.5 Å². The van der Waals surface area contributed by atoms with Gasteiger partial charge >= 0.3 is 0 Å². The second kappa shape index (κ2) is 12.5. The molecule has 0 atom stereocenters. The summed E-state index contributed by atoms with van der Waals surface area (Å²) in [5.74, 6) is 1.43. The van der Waals surface area contributed by atoms with E-state index in [1.807, 2.05) is 54.7 Å². The van der Waals surface area contributed by atoms with Crippen LogP contribution in [0, 0.1) is 17.1 Å². The Balaban J connectivity index is 0.000000211. The second-order valence-corrected chi connectivity index (χ2v) is 11.6. The van der Waals surface area contributed by atoms with Crippen molar-refractivity contribution in [1.29, 1.82) is 5.26 Å². The highest BCUT2D eigenvalue weighted by Gasteiger charge is 2.22. The Morgan fingerprint density at radius 2 is 1.50 bits per heavy atom. The van der Waals surface area contributed by atoms with Crippen LogP contribution in [0.1, 0.15) is 30.1 Å². The summed E-state index contributed by atoms with van der Waals surface area (Å²) in [5.41, 5.74) is 4.76. The van der Waals surface area contributed by atoms with E-state index >= 15 is 0 Å². The van der Waals surface area contributed by atoms with Crippen molar-refractivity contribution in [2.45, 2.75) is 26.7 Å². The molecule has 0 aliphatic rings. The molecule has 0 saturated heterocycles. The van der Waals surface area contributed by atoms with Gasteiger partial charge < -0.3 is 10.2 Å². The van der Waals surface area contributed by atoms with Crippen LogP contribution in [0.25, 0.3) is 22.6 Å². The van der Waals surface area contributed by atoms with Crippen molar-refractivity contribution in [2.24, 2.45) is 0 Å². The molecule has 1 aromatic carbocycles. The average molecular weight is 712 g/mol. The van der Waals surface area contributed by atoms with Gasteiger partial charge in [0.2, 0.25) is 0 Å². The quantitative estimate of drug-likeness (QED) is 0.196. The summed E-state index contributed by atoms with van der Waals surface area (Å²) in [6.07, 6.45) is 1.62. The van der Waals surface area contributed by atoms with Crippen LogP contribution in [0.15, 0.2) is 57.7 Å². The highest BCUT2D eigenvalue weighted by molar-refractivity contribution is 9.10. The Bertz CT molecular complexity index is 1920. The molecule has 14 heteroatoms. The van der Waals surface area contributed by atoms with Crippen LogP contribution >= 0.6 is 43.2 Å². The van der Waals surface area contributed by atoms with Gasteiger partial charge in [0.25, 0.3) is 0 Å². The number of aromatic nitrogens is 7. The molecule has 0 spiro atoms. The van der Waals surface area contributed by atoms with Crippen molar-refractivity contribution >= 4 is 71.3 Å². The summed E-state index contributed by atoms with van der Waals surface area (Å²) < 4.78 is 18.3. The number of hydrogen-bond donors (Lipinski definition) is 1. The number of aryl methyl sites for hydroxylation is 2. The van der Waals surface area contributed by atoms with Crippen molar-refractivity contribution in [3.63, 3.8) is 0 Å². The lowest BCUT2D eigenvalue weighted by atomic mass is 10.1. The molecular weight excluding hydrogens is 687 g/mol. The molecule has 6 rings (SSSR count). The van der Waals surface area contributed by atoms with Gasteiger partial charge in [0.15, 0.2) is 28.1 Å². The predicted octanol–water partition coefficient (Wildman–Crippen LogP) is 7.05. The number of nitrogens with one attached hydrogen (secondary N) is 1. The predicted molar refractivity (Wildman–Crippen MR) is 170 cm³/mol. The highest BCUT2D eigenvalue weighted by atomic mass is 79.9. The molecule has 0 amide bonds. The van der Waals surface area contributed by atoms with Gasteiger partial charge in [-0.15, -0.1) is 0 Å². The van der Waals surface area contributed by atoms with Crippen LogP contribution in [0.5, 0.6) is 0 Å². The van der Waals surface area contributed by atoms with Crippen molar-refractivity contribution in [1.82, 2.24) is 34.2 Å². The summed E-state index contributed by atoms with van der Waals surface area (Å²) in [6.45, 7) is 4.11. The molecular formula is C28H25Br2FN10S. The van der Waals surface area contributed by atoms with E-state index in [0.29, 0.717) is 25.9 Å². The van der Waals surface area contributed by atoms with Gasteiger partial charge in [-0.05, 0) is 93.2 Å². The SMILES string of the molecule is CCc1nc2ccc(Br)nn2c1N(C)c1nc(-c2ccc(F)cc2)c(C#N)s1.CCc1nc2ccc(Br)nn2c1NC. The molecule has 5 heterocycles. The highest BCUT2D eigenvalue weighted by Crippen LogP contribution is 2.36. The number of thiazole rings is 1. The summed E-state index contributed by atoms with van der Waals surface area (Å²) in [6, 6.07) is 15.7.